The number of hydrogen-bond donors (Lipinski definition) is 2. The quantitative estimate of drug-likeness (QED) is 0.729. The van der Waals surface area contributed by atoms with Gasteiger partial charge in [0, 0.05) is 15.7 Å². The molecule has 3 N–H and O–H groups in total. The molecule has 134 valence electrons. The number of sulfonamides is 1. The van der Waals surface area contributed by atoms with Crippen molar-refractivity contribution in [2.45, 2.75) is 11.1 Å². The van der Waals surface area contributed by atoms with E-state index in [1.807, 2.05) is 0 Å². The van der Waals surface area contributed by atoms with Crippen LogP contribution in [0.3, 0.4) is 0 Å². The molecule has 0 bridgehead atoms. The third-order valence-electron chi connectivity index (χ3n) is 3.03. The van der Waals surface area contributed by atoms with E-state index in [0.29, 0.717) is 0 Å². The van der Waals surface area contributed by atoms with E-state index in [0.717, 1.165) is 24.3 Å². The lowest BCUT2D eigenvalue weighted by atomic mass is 10.1. The van der Waals surface area contributed by atoms with E-state index in [-0.39, 0.29) is 20.7 Å². The van der Waals surface area contributed by atoms with Gasteiger partial charge >= 0.3 is 6.18 Å². The fourth-order valence-electron chi connectivity index (χ4n) is 1.89. The lowest BCUT2D eigenvalue weighted by Crippen LogP contribution is -2.16. The van der Waals surface area contributed by atoms with Crippen LogP contribution < -0.4 is 10.5 Å². The first-order valence-corrected chi connectivity index (χ1v) is 9.12. The molecule has 0 aliphatic carbocycles. The number of nitrogens with one attached hydrogen (secondary N) is 1. The van der Waals surface area contributed by atoms with Crippen LogP contribution in [0.4, 0.5) is 18.9 Å². The van der Waals surface area contributed by atoms with Gasteiger partial charge in [0.15, 0.2) is 0 Å². The molecule has 0 fully saturated rings. The van der Waals surface area contributed by atoms with E-state index < -0.39 is 32.6 Å². The molecule has 0 heterocycles. The molecule has 2 rings (SSSR count). The van der Waals surface area contributed by atoms with Gasteiger partial charge in [-0.15, -0.1) is 0 Å². The van der Waals surface area contributed by atoms with Crippen molar-refractivity contribution in [3.63, 3.8) is 0 Å². The molecule has 0 atom stereocenters. The Morgan fingerprint density at radius 3 is 2.36 bits per heavy atom. The van der Waals surface area contributed by atoms with E-state index in [4.69, 9.17) is 16.7 Å². The van der Waals surface area contributed by atoms with Crippen LogP contribution in [0.25, 0.3) is 0 Å². The molecule has 0 aromatic heterocycles. The van der Waals surface area contributed by atoms with Gasteiger partial charge in [-0.1, -0.05) is 27.5 Å². The van der Waals surface area contributed by atoms with Crippen LogP contribution in [0.1, 0.15) is 15.9 Å². The molecule has 0 spiro atoms. The minimum atomic E-state index is -4.61. The fraction of sp³-hybridized carbons (Fsp3) is 0.0714. The minimum Gasteiger partial charge on any atom is -0.322 e. The Morgan fingerprint density at radius 1 is 1.16 bits per heavy atom. The molecule has 0 aliphatic heterocycles. The summed E-state index contributed by atoms with van der Waals surface area (Å²) in [5, 5.41) is 7.07. The highest BCUT2D eigenvalue weighted by Crippen LogP contribution is 2.36. The van der Waals surface area contributed by atoms with Crippen molar-refractivity contribution in [2.75, 3.05) is 5.32 Å². The largest absolute Gasteiger partial charge is 0.417 e. The van der Waals surface area contributed by atoms with Crippen molar-refractivity contribution in [3.8, 4) is 0 Å². The van der Waals surface area contributed by atoms with Gasteiger partial charge in [-0.05, 0) is 36.4 Å². The Kier molecular flexibility index (Phi) is 5.47. The molecule has 0 saturated heterocycles. The summed E-state index contributed by atoms with van der Waals surface area (Å²) in [4.78, 5) is 11.7. The number of rotatable bonds is 3. The summed E-state index contributed by atoms with van der Waals surface area (Å²) in [6.07, 6.45) is -4.61. The van der Waals surface area contributed by atoms with E-state index in [2.05, 4.69) is 21.2 Å². The highest BCUT2D eigenvalue weighted by atomic mass is 79.9. The molecule has 0 unspecified atom stereocenters. The predicted octanol–water partition coefficient (Wildman–Crippen LogP) is 4.02. The van der Waals surface area contributed by atoms with Gasteiger partial charge in [0.25, 0.3) is 5.91 Å². The number of hydrogen-bond acceptors (Lipinski definition) is 3. The number of halogens is 5. The molecule has 2 aromatic rings. The van der Waals surface area contributed by atoms with Crippen LogP contribution in [0.5, 0.6) is 0 Å². The molecule has 0 aliphatic rings. The molecule has 5 nitrogen and oxygen atoms in total. The maximum atomic E-state index is 12.9. The number of benzene rings is 2. The highest BCUT2D eigenvalue weighted by molar-refractivity contribution is 9.10. The third-order valence-corrected chi connectivity index (χ3v) is 5.11. The number of primary sulfonamides is 1. The SMILES string of the molecule is NS(=O)(=O)c1cc(C(=O)Nc2ccc(Br)c(C(F)(F)F)c2)ccc1Cl. The number of carbonyl (C=O) groups is 1. The van der Waals surface area contributed by atoms with E-state index in [1.54, 1.807) is 0 Å². The second-order valence-corrected chi connectivity index (χ2v) is 7.63. The van der Waals surface area contributed by atoms with Crippen LogP contribution in [-0.2, 0) is 16.2 Å². The van der Waals surface area contributed by atoms with Crippen molar-refractivity contribution in [3.05, 3.63) is 57.0 Å². The maximum Gasteiger partial charge on any atom is 0.417 e. The third kappa shape index (κ3) is 4.72. The second kappa shape index (κ2) is 6.94. The zero-order valence-electron chi connectivity index (χ0n) is 12.1. The molecule has 11 heteroatoms. The molecule has 2 aromatic carbocycles. The number of carbonyl (C=O) groups excluding carboxylic acids is 1. The molecule has 25 heavy (non-hydrogen) atoms. The molecule has 0 saturated carbocycles. The Balaban J connectivity index is 2.35. The smallest absolute Gasteiger partial charge is 0.322 e. The molecule has 0 radical (unpaired) electrons. The summed E-state index contributed by atoms with van der Waals surface area (Å²) in [5.74, 6) is -0.822. The van der Waals surface area contributed by atoms with Gasteiger partial charge in [0.2, 0.25) is 10.0 Å². The van der Waals surface area contributed by atoms with Crippen LogP contribution in [0.2, 0.25) is 5.02 Å². The standard InChI is InChI=1S/C14H9BrClF3N2O3S/c15-10-3-2-8(6-9(10)14(17,18)19)21-13(22)7-1-4-11(16)12(5-7)25(20,23)24/h1-6H,(H,21,22)(H2,20,23,24). The first-order valence-electron chi connectivity index (χ1n) is 6.40. The van der Waals surface area contributed by atoms with Gasteiger partial charge < -0.3 is 5.32 Å². The van der Waals surface area contributed by atoms with E-state index in [1.165, 1.54) is 12.1 Å². The van der Waals surface area contributed by atoms with Crippen molar-refractivity contribution in [1.82, 2.24) is 0 Å². The minimum absolute atomic E-state index is 0.118. The van der Waals surface area contributed by atoms with Crippen molar-refractivity contribution < 1.29 is 26.4 Å². The molecule has 1 amide bonds. The summed E-state index contributed by atoms with van der Waals surface area (Å²) in [5.41, 5.74) is -1.22. The van der Waals surface area contributed by atoms with Crippen molar-refractivity contribution in [1.29, 1.82) is 0 Å². The zero-order chi connectivity index (χ0) is 19.0. The highest BCUT2D eigenvalue weighted by Gasteiger charge is 2.33. The number of nitrogens with two attached hydrogens (primary N) is 1. The van der Waals surface area contributed by atoms with E-state index in [9.17, 15) is 26.4 Å². The lowest BCUT2D eigenvalue weighted by molar-refractivity contribution is -0.138. The number of anilines is 1. The summed E-state index contributed by atoms with van der Waals surface area (Å²) in [7, 11) is -4.16. The summed E-state index contributed by atoms with van der Waals surface area (Å²) < 4.78 is 61.3. The zero-order valence-corrected chi connectivity index (χ0v) is 15.2. The van der Waals surface area contributed by atoms with Gasteiger partial charge in [-0.2, -0.15) is 13.2 Å². The monoisotopic (exact) mass is 456 g/mol. The lowest BCUT2D eigenvalue weighted by Gasteiger charge is -2.12. The number of alkyl halides is 3. The van der Waals surface area contributed by atoms with Gasteiger partial charge in [-0.25, -0.2) is 13.6 Å². The topological polar surface area (TPSA) is 89.3 Å². The Bertz CT molecular complexity index is 949. The Labute approximate surface area is 154 Å². The van der Waals surface area contributed by atoms with Gasteiger partial charge in [0.1, 0.15) is 4.90 Å². The average Bonchev–Trinajstić information content (AvgIpc) is 2.47. The van der Waals surface area contributed by atoms with Crippen LogP contribution in [0.15, 0.2) is 45.8 Å². The second-order valence-electron chi connectivity index (χ2n) is 4.84. The molecular weight excluding hydrogens is 449 g/mol. The van der Waals surface area contributed by atoms with Crippen LogP contribution in [-0.4, -0.2) is 14.3 Å². The fourth-order valence-corrected chi connectivity index (χ4v) is 3.43. The first-order chi connectivity index (χ1) is 11.4. The van der Waals surface area contributed by atoms with Gasteiger partial charge in [0.05, 0.1) is 10.6 Å². The Morgan fingerprint density at radius 2 is 1.80 bits per heavy atom. The van der Waals surface area contributed by atoms with E-state index >= 15 is 0 Å². The van der Waals surface area contributed by atoms with Crippen LogP contribution in [0, 0.1) is 0 Å². The predicted molar refractivity (Wildman–Crippen MR) is 89.9 cm³/mol. The average molecular weight is 458 g/mol. The first kappa shape index (κ1) is 19.7. The van der Waals surface area contributed by atoms with Crippen molar-refractivity contribution >= 4 is 49.1 Å². The summed E-state index contributed by atoms with van der Waals surface area (Å²) >= 11 is 8.50. The number of amides is 1. The summed E-state index contributed by atoms with van der Waals surface area (Å²) in [6.45, 7) is 0. The van der Waals surface area contributed by atoms with Crippen LogP contribution >= 0.6 is 27.5 Å². The van der Waals surface area contributed by atoms with Crippen molar-refractivity contribution in [2.24, 2.45) is 5.14 Å². The normalized spacial score (nSPS) is 12.1. The molecular formula is C14H9BrClF3N2O3S. The Hall–Kier alpha value is -1.62. The van der Waals surface area contributed by atoms with Gasteiger partial charge in [-0.3, -0.25) is 4.79 Å². The maximum absolute atomic E-state index is 12.9. The summed E-state index contributed by atoms with van der Waals surface area (Å²) in [6, 6.07) is 6.45.